The number of ether oxygens (including phenoxy) is 1. The highest BCUT2D eigenvalue weighted by Gasteiger charge is 2.30. The van der Waals surface area contributed by atoms with Crippen molar-refractivity contribution >= 4 is 33.1 Å². The molecule has 114 valence electrons. The second-order valence-electron chi connectivity index (χ2n) is 5.60. The minimum absolute atomic E-state index is 0.0340. The van der Waals surface area contributed by atoms with Crippen LogP contribution in [-0.2, 0) is 11.8 Å². The Morgan fingerprint density at radius 2 is 2.33 bits per heavy atom. The van der Waals surface area contributed by atoms with Crippen molar-refractivity contribution in [1.82, 2.24) is 14.7 Å². The van der Waals surface area contributed by atoms with E-state index < -0.39 is 0 Å². The number of aryl methyl sites for hydroxylation is 2. The van der Waals surface area contributed by atoms with E-state index in [4.69, 9.17) is 10.5 Å². The number of nitrogens with zero attached hydrogens (tertiary/aromatic N) is 3. The van der Waals surface area contributed by atoms with E-state index in [1.807, 2.05) is 18.9 Å². The van der Waals surface area contributed by atoms with Crippen molar-refractivity contribution in [2.75, 3.05) is 32.5 Å². The lowest BCUT2D eigenvalue weighted by atomic mass is 10.1. The van der Waals surface area contributed by atoms with Gasteiger partial charge in [-0.15, -0.1) is 11.3 Å². The second kappa shape index (κ2) is 5.31. The summed E-state index contributed by atoms with van der Waals surface area (Å²) in [6.45, 7) is 4.15. The fourth-order valence-electron chi connectivity index (χ4n) is 3.02. The number of methoxy groups -OCH3 is 1. The molecule has 3 heterocycles. The summed E-state index contributed by atoms with van der Waals surface area (Å²) in [5.41, 5.74) is 7.64. The molecular weight excluding hydrogens is 288 g/mol. The fourth-order valence-corrected chi connectivity index (χ4v) is 4.18. The van der Waals surface area contributed by atoms with Crippen LogP contribution in [0.4, 0.5) is 5.69 Å². The van der Waals surface area contributed by atoms with Crippen LogP contribution in [0.2, 0.25) is 0 Å². The van der Waals surface area contributed by atoms with Gasteiger partial charge in [0.25, 0.3) is 5.91 Å². The number of nitrogen functional groups attached to an aromatic ring is 1. The van der Waals surface area contributed by atoms with Crippen LogP contribution < -0.4 is 5.73 Å². The van der Waals surface area contributed by atoms with Gasteiger partial charge in [-0.25, -0.2) is 0 Å². The monoisotopic (exact) mass is 308 g/mol. The maximum absolute atomic E-state index is 12.7. The summed E-state index contributed by atoms with van der Waals surface area (Å²) in [7, 11) is 3.58. The molecule has 1 aliphatic heterocycles. The van der Waals surface area contributed by atoms with Crippen LogP contribution in [0.5, 0.6) is 0 Å². The van der Waals surface area contributed by atoms with Crippen molar-refractivity contribution in [3.05, 3.63) is 10.6 Å². The van der Waals surface area contributed by atoms with E-state index in [-0.39, 0.29) is 5.91 Å². The first-order chi connectivity index (χ1) is 10.0. The van der Waals surface area contributed by atoms with Gasteiger partial charge in [-0.05, 0) is 13.3 Å². The smallest absolute Gasteiger partial charge is 0.266 e. The summed E-state index contributed by atoms with van der Waals surface area (Å²) in [5, 5.41) is 5.27. The third-order valence-corrected chi connectivity index (χ3v) is 5.31. The Balaban J connectivity index is 1.89. The number of anilines is 1. The predicted octanol–water partition coefficient (Wildman–Crippen LogP) is 1.63. The molecule has 0 aliphatic carbocycles. The van der Waals surface area contributed by atoms with Crippen molar-refractivity contribution in [2.24, 2.45) is 13.0 Å². The van der Waals surface area contributed by atoms with Gasteiger partial charge in [0.1, 0.15) is 9.71 Å². The summed E-state index contributed by atoms with van der Waals surface area (Å²) in [6.07, 6.45) is 0.991. The lowest BCUT2D eigenvalue weighted by Crippen LogP contribution is -2.29. The number of likely N-dealkylation sites (tertiary alicyclic amines) is 1. The van der Waals surface area contributed by atoms with Gasteiger partial charge >= 0.3 is 0 Å². The summed E-state index contributed by atoms with van der Waals surface area (Å²) in [4.78, 5) is 16.2. The topological polar surface area (TPSA) is 73.4 Å². The zero-order chi connectivity index (χ0) is 15.1. The highest BCUT2D eigenvalue weighted by atomic mass is 32.1. The molecule has 1 unspecified atom stereocenters. The van der Waals surface area contributed by atoms with Crippen LogP contribution >= 0.6 is 11.3 Å². The van der Waals surface area contributed by atoms with Crippen LogP contribution in [-0.4, -0.2) is 47.4 Å². The SMILES string of the molecule is COCC1CCN(C(=O)c2sc3c(c(C)nn3C)c2N)C1. The van der Waals surface area contributed by atoms with Gasteiger partial charge in [-0.1, -0.05) is 0 Å². The summed E-state index contributed by atoms with van der Waals surface area (Å²) in [6, 6.07) is 0. The van der Waals surface area contributed by atoms with E-state index in [9.17, 15) is 4.79 Å². The zero-order valence-corrected chi connectivity index (χ0v) is 13.4. The molecule has 1 atom stereocenters. The van der Waals surface area contributed by atoms with E-state index in [1.165, 1.54) is 11.3 Å². The minimum Gasteiger partial charge on any atom is -0.397 e. The van der Waals surface area contributed by atoms with Crippen molar-refractivity contribution in [2.45, 2.75) is 13.3 Å². The number of carbonyl (C=O) groups excluding carboxylic acids is 1. The van der Waals surface area contributed by atoms with Gasteiger partial charge in [0.2, 0.25) is 0 Å². The molecule has 0 bridgehead atoms. The molecule has 0 saturated carbocycles. The lowest BCUT2D eigenvalue weighted by Gasteiger charge is -2.15. The van der Waals surface area contributed by atoms with Crippen molar-refractivity contribution in [3.63, 3.8) is 0 Å². The van der Waals surface area contributed by atoms with Gasteiger partial charge in [0.15, 0.2) is 0 Å². The Labute approximate surface area is 127 Å². The second-order valence-corrected chi connectivity index (χ2v) is 6.59. The Hall–Kier alpha value is -1.60. The molecule has 7 heteroatoms. The molecule has 1 aliphatic rings. The van der Waals surface area contributed by atoms with E-state index in [2.05, 4.69) is 5.10 Å². The van der Waals surface area contributed by atoms with Crippen molar-refractivity contribution in [3.8, 4) is 0 Å². The predicted molar refractivity (Wildman–Crippen MR) is 83.6 cm³/mol. The van der Waals surface area contributed by atoms with Gasteiger partial charge in [0, 0.05) is 33.2 Å². The van der Waals surface area contributed by atoms with Crippen LogP contribution in [0, 0.1) is 12.8 Å². The maximum Gasteiger partial charge on any atom is 0.266 e. The summed E-state index contributed by atoms with van der Waals surface area (Å²) >= 11 is 1.43. The third kappa shape index (κ3) is 2.30. The number of nitrogens with two attached hydrogens (primary N) is 1. The molecule has 0 spiro atoms. The molecule has 0 radical (unpaired) electrons. The van der Waals surface area contributed by atoms with Crippen LogP contribution in [0.15, 0.2) is 0 Å². The molecule has 1 saturated heterocycles. The Morgan fingerprint density at radius 3 is 3.00 bits per heavy atom. The molecule has 3 rings (SSSR count). The number of amides is 1. The summed E-state index contributed by atoms with van der Waals surface area (Å²) < 4.78 is 6.97. The first kappa shape index (κ1) is 14.3. The zero-order valence-electron chi connectivity index (χ0n) is 12.5. The quantitative estimate of drug-likeness (QED) is 0.935. The van der Waals surface area contributed by atoms with E-state index in [0.717, 1.165) is 35.4 Å². The van der Waals surface area contributed by atoms with E-state index in [0.29, 0.717) is 23.1 Å². The number of hydrogen-bond donors (Lipinski definition) is 1. The fraction of sp³-hybridized carbons (Fsp3) is 0.571. The maximum atomic E-state index is 12.7. The standard InChI is InChI=1S/C14H20N4O2S/c1-8-10-11(15)12(21-14(10)17(2)16-8)13(19)18-5-4-9(6-18)7-20-3/h9H,4-7,15H2,1-3H3. The molecule has 2 N–H and O–H groups in total. The van der Waals surface area contributed by atoms with Crippen LogP contribution in [0.1, 0.15) is 21.8 Å². The molecule has 1 amide bonds. The number of hydrogen-bond acceptors (Lipinski definition) is 5. The summed E-state index contributed by atoms with van der Waals surface area (Å²) in [5.74, 6) is 0.463. The van der Waals surface area contributed by atoms with Crippen molar-refractivity contribution < 1.29 is 9.53 Å². The van der Waals surface area contributed by atoms with Gasteiger partial charge in [-0.2, -0.15) is 5.10 Å². The molecule has 0 aromatic carbocycles. The van der Waals surface area contributed by atoms with Gasteiger partial charge < -0.3 is 15.4 Å². The van der Waals surface area contributed by atoms with Crippen LogP contribution in [0.25, 0.3) is 10.2 Å². The van der Waals surface area contributed by atoms with Gasteiger partial charge in [-0.3, -0.25) is 9.48 Å². The van der Waals surface area contributed by atoms with Crippen LogP contribution in [0.3, 0.4) is 0 Å². The molecule has 2 aromatic heterocycles. The van der Waals surface area contributed by atoms with E-state index >= 15 is 0 Å². The number of aromatic nitrogens is 2. The van der Waals surface area contributed by atoms with Crippen molar-refractivity contribution in [1.29, 1.82) is 0 Å². The number of thiophene rings is 1. The highest BCUT2D eigenvalue weighted by molar-refractivity contribution is 7.21. The average Bonchev–Trinajstić information content (AvgIpc) is 3.09. The minimum atomic E-state index is 0.0340. The number of fused-ring (bicyclic) bond motifs is 1. The molecule has 2 aromatic rings. The highest BCUT2D eigenvalue weighted by Crippen LogP contribution is 2.36. The van der Waals surface area contributed by atoms with E-state index in [1.54, 1.807) is 11.8 Å². The Kier molecular flexibility index (Phi) is 3.62. The molecular formula is C14H20N4O2S. The number of carbonyl (C=O) groups is 1. The normalized spacial score (nSPS) is 18.8. The average molecular weight is 308 g/mol. The third-order valence-electron chi connectivity index (χ3n) is 4.05. The first-order valence-corrected chi connectivity index (χ1v) is 7.84. The Bertz CT molecular complexity index is 691. The molecule has 21 heavy (non-hydrogen) atoms. The molecule has 6 nitrogen and oxygen atoms in total. The number of rotatable bonds is 3. The molecule has 1 fully saturated rings. The largest absolute Gasteiger partial charge is 0.397 e. The van der Waals surface area contributed by atoms with Gasteiger partial charge in [0.05, 0.1) is 23.4 Å². The Morgan fingerprint density at radius 1 is 1.57 bits per heavy atom. The first-order valence-electron chi connectivity index (χ1n) is 7.02. The lowest BCUT2D eigenvalue weighted by molar-refractivity contribution is 0.0781.